The summed E-state index contributed by atoms with van der Waals surface area (Å²) in [6, 6.07) is 3.30. The number of ether oxygens (including phenoxy) is 1. The average Bonchev–Trinajstić information content (AvgIpc) is 2.58. The molecule has 3 nitrogen and oxygen atoms in total. The predicted octanol–water partition coefficient (Wildman–Crippen LogP) is 2.72. The smallest absolute Gasteiger partial charge is 0.143 e. The molecule has 2 N–H and O–H groups in total. The van der Waals surface area contributed by atoms with Crippen LogP contribution in [0.1, 0.15) is 6.92 Å². The lowest BCUT2D eigenvalue weighted by molar-refractivity contribution is 0.164. The molecule has 0 aromatic heterocycles. The second-order valence-corrected chi connectivity index (χ2v) is 5.44. The van der Waals surface area contributed by atoms with Gasteiger partial charge in [0.15, 0.2) is 0 Å². The van der Waals surface area contributed by atoms with Gasteiger partial charge in [0, 0.05) is 18.0 Å². The van der Waals surface area contributed by atoms with Crippen LogP contribution in [0.4, 0.5) is 15.8 Å². The molecule has 1 fully saturated rings. The highest BCUT2D eigenvalue weighted by Gasteiger charge is 2.41. The van der Waals surface area contributed by atoms with Crippen molar-refractivity contribution in [3.05, 3.63) is 23.0 Å². The van der Waals surface area contributed by atoms with Gasteiger partial charge in [-0.2, -0.15) is 0 Å². The maximum Gasteiger partial charge on any atom is 0.143 e. The van der Waals surface area contributed by atoms with E-state index in [0.717, 1.165) is 17.9 Å². The van der Waals surface area contributed by atoms with Gasteiger partial charge in [0.2, 0.25) is 0 Å². The summed E-state index contributed by atoms with van der Waals surface area (Å²) in [5.74, 6) is -0.395. The van der Waals surface area contributed by atoms with E-state index in [1.54, 1.807) is 6.07 Å². The van der Waals surface area contributed by atoms with E-state index in [0.29, 0.717) is 13.2 Å². The first-order valence-corrected chi connectivity index (χ1v) is 6.03. The van der Waals surface area contributed by atoms with Crippen LogP contribution in [0.3, 0.4) is 0 Å². The highest BCUT2D eigenvalue weighted by Crippen LogP contribution is 2.38. The average molecular weight is 257 g/mol. The third-order valence-corrected chi connectivity index (χ3v) is 3.92. The molecule has 2 aliphatic rings. The molecule has 1 saturated heterocycles. The molecule has 0 spiro atoms. The summed E-state index contributed by atoms with van der Waals surface area (Å²) in [5.41, 5.74) is 1.64. The summed E-state index contributed by atoms with van der Waals surface area (Å²) in [6.45, 7) is 4.31. The fraction of sp³-hybridized carbons (Fsp3) is 0.500. The lowest BCUT2D eigenvalue weighted by Gasteiger charge is -2.27. The van der Waals surface area contributed by atoms with Crippen LogP contribution in [-0.4, -0.2) is 25.8 Å². The molecule has 2 unspecified atom stereocenters. The van der Waals surface area contributed by atoms with Crippen LogP contribution in [0.15, 0.2) is 12.1 Å². The SMILES string of the molecule is CC12CNc3cc(F)c(Cl)cc3NC1COC2. The van der Waals surface area contributed by atoms with E-state index in [2.05, 4.69) is 17.6 Å². The molecule has 1 aromatic rings. The summed E-state index contributed by atoms with van der Waals surface area (Å²) >= 11 is 5.80. The van der Waals surface area contributed by atoms with Gasteiger partial charge in [0.1, 0.15) is 5.82 Å². The number of benzene rings is 1. The standard InChI is InChI=1S/C12H14ClFN2O/c1-12-5-15-9-3-8(14)7(13)2-10(9)16-11(12)4-17-6-12/h2-3,11,15-16H,4-6H2,1H3. The summed E-state index contributed by atoms with van der Waals surface area (Å²) in [7, 11) is 0. The molecule has 0 aliphatic carbocycles. The van der Waals surface area contributed by atoms with Gasteiger partial charge < -0.3 is 15.4 Å². The van der Waals surface area contributed by atoms with E-state index in [4.69, 9.17) is 16.3 Å². The van der Waals surface area contributed by atoms with Gasteiger partial charge in [-0.05, 0) is 6.07 Å². The molecule has 92 valence electrons. The van der Waals surface area contributed by atoms with Gasteiger partial charge in [-0.15, -0.1) is 0 Å². The van der Waals surface area contributed by atoms with Gasteiger partial charge in [0.05, 0.1) is 35.7 Å². The largest absolute Gasteiger partial charge is 0.383 e. The van der Waals surface area contributed by atoms with Gasteiger partial charge >= 0.3 is 0 Å². The zero-order chi connectivity index (χ0) is 12.0. The van der Waals surface area contributed by atoms with Crippen molar-refractivity contribution in [1.82, 2.24) is 0 Å². The molecule has 2 heterocycles. The van der Waals surface area contributed by atoms with Crippen LogP contribution < -0.4 is 10.6 Å². The molecule has 3 rings (SSSR count). The summed E-state index contributed by atoms with van der Waals surface area (Å²) in [4.78, 5) is 0. The first-order valence-electron chi connectivity index (χ1n) is 5.66. The molecule has 0 bridgehead atoms. The first kappa shape index (κ1) is 11.1. The molecule has 17 heavy (non-hydrogen) atoms. The fourth-order valence-electron chi connectivity index (χ4n) is 2.40. The Morgan fingerprint density at radius 2 is 2.29 bits per heavy atom. The van der Waals surface area contributed by atoms with Gasteiger partial charge in [-0.25, -0.2) is 4.39 Å². The molecular formula is C12H14ClFN2O. The second kappa shape index (κ2) is 3.75. The number of anilines is 2. The van der Waals surface area contributed by atoms with Crippen molar-refractivity contribution in [3.8, 4) is 0 Å². The van der Waals surface area contributed by atoms with Gasteiger partial charge in [-0.1, -0.05) is 18.5 Å². The van der Waals surface area contributed by atoms with Crippen LogP contribution in [-0.2, 0) is 4.74 Å². The number of hydrogen-bond acceptors (Lipinski definition) is 3. The maximum absolute atomic E-state index is 13.4. The second-order valence-electron chi connectivity index (χ2n) is 5.03. The van der Waals surface area contributed by atoms with Crippen LogP contribution in [0, 0.1) is 11.2 Å². The zero-order valence-corrected chi connectivity index (χ0v) is 10.3. The van der Waals surface area contributed by atoms with Crippen molar-refractivity contribution in [3.63, 3.8) is 0 Å². The molecule has 2 aliphatic heterocycles. The minimum atomic E-state index is -0.395. The topological polar surface area (TPSA) is 33.3 Å². The Bertz CT molecular complexity index is 468. The van der Waals surface area contributed by atoms with Crippen LogP contribution in [0.2, 0.25) is 5.02 Å². The molecule has 5 heteroatoms. The Morgan fingerprint density at radius 3 is 3.12 bits per heavy atom. The highest BCUT2D eigenvalue weighted by molar-refractivity contribution is 6.31. The normalized spacial score (nSPS) is 30.9. The third kappa shape index (κ3) is 1.76. The quantitative estimate of drug-likeness (QED) is 0.749. The third-order valence-electron chi connectivity index (χ3n) is 3.63. The predicted molar refractivity (Wildman–Crippen MR) is 66.2 cm³/mol. The van der Waals surface area contributed by atoms with Crippen molar-refractivity contribution in [2.75, 3.05) is 30.4 Å². The van der Waals surface area contributed by atoms with Crippen molar-refractivity contribution in [1.29, 1.82) is 0 Å². The van der Waals surface area contributed by atoms with E-state index in [9.17, 15) is 4.39 Å². The maximum atomic E-state index is 13.4. The number of rotatable bonds is 0. The minimum Gasteiger partial charge on any atom is -0.383 e. The van der Waals surface area contributed by atoms with E-state index in [-0.39, 0.29) is 16.5 Å². The summed E-state index contributed by atoms with van der Waals surface area (Å²) in [6.07, 6.45) is 0. The Kier molecular flexibility index (Phi) is 2.45. The van der Waals surface area contributed by atoms with Crippen molar-refractivity contribution < 1.29 is 9.13 Å². The molecular weight excluding hydrogens is 243 g/mol. The van der Waals surface area contributed by atoms with E-state index in [1.807, 2.05) is 0 Å². The van der Waals surface area contributed by atoms with Gasteiger partial charge in [0.25, 0.3) is 0 Å². The van der Waals surface area contributed by atoms with E-state index >= 15 is 0 Å². The summed E-state index contributed by atoms with van der Waals surface area (Å²) in [5, 5.41) is 6.79. The lowest BCUT2D eigenvalue weighted by Crippen LogP contribution is -2.40. The Balaban J connectivity index is 2.00. The van der Waals surface area contributed by atoms with Crippen LogP contribution in [0.25, 0.3) is 0 Å². The lowest BCUT2D eigenvalue weighted by atomic mass is 9.85. The summed E-state index contributed by atoms with van der Waals surface area (Å²) < 4.78 is 18.9. The number of nitrogens with one attached hydrogen (secondary N) is 2. The molecule has 0 radical (unpaired) electrons. The van der Waals surface area contributed by atoms with Crippen LogP contribution >= 0.6 is 11.6 Å². The van der Waals surface area contributed by atoms with Crippen molar-refractivity contribution in [2.45, 2.75) is 13.0 Å². The van der Waals surface area contributed by atoms with Crippen molar-refractivity contribution >= 4 is 23.0 Å². The molecule has 0 saturated carbocycles. The molecule has 2 atom stereocenters. The highest BCUT2D eigenvalue weighted by atomic mass is 35.5. The number of halogens is 2. The Hall–Kier alpha value is -1.00. The van der Waals surface area contributed by atoms with Gasteiger partial charge in [-0.3, -0.25) is 0 Å². The first-order chi connectivity index (χ1) is 8.08. The number of fused-ring (bicyclic) bond motifs is 2. The van der Waals surface area contributed by atoms with E-state index in [1.165, 1.54) is 6.07 Å². The zero-order valence-electron chi connectivity index (χ0n) is 9.52. The molecule has 0 amide bonds. The van der Waals surface area contributed by atoms with Crippen molar-refractivity contribution in [2.24, 2.45) is 5.41 Å². The molecule has 1 aromatic carbocycles. The minimum absolute atomic E-state index is 0.0297. The van der Waals surface area contributed by atoms with E-state index < -0.39 is 5.82 Å². The number of hydrogen-bond donors (Lipinski definition) is 2. The van der Waals surface area contributed by atoms with Crippen LogP contribution in [0.5, 0.6) is 0 Å². The monoisotopic (exact) mass is 256 g/mol. The fourth-order valence-corrected chi connectivity index (χ4v) is 2.56. The Morgan fingerprint density at radius 1 is 1.47 bits per heavy atom. The Labute approximate surface area is 104 Å².